The van der Waals surface area contributed by atoms with E-state index < -0.39 is 5.97 Å². The molecule has 0 atom stereocenters. The van der Waals surface area contributed by atoms with Crippen LogP contribution in [0, 0.1) is 0 Å². The summed E-state index contributed by atoms with van der Waals surface area (Å²) in [6, 6.07) is 20.3. The van der Waals surface area contributed by atoms with Crippen LogP contribution in [0.3, 0.4) is 0 Å². The molecule has 3 aromatic carbocycles. The molecule has 0 amide bonds. The highest BCUT2D eigenvalue weighted by molar-refractivity contribution is 7.97. The van der Waals surface area contributed by atoms with E-state index in [2.05, 4.69) is 12.2 Å². The standard InChI is InChI=1S/C25H28N2O4S/c1-3-4-14-27-22-15-19(25(28)30-17-18-10-12-20(29-2)13-11-18)16-23(32-26)24(22)31-21-8-6-5-7-9-21/h5-13,15-16,27H,3-4,14,17,26H2,1-2H3. The minimum atomic E-state index is -0.430. The molecule has 0 fully saturated rings. The summed E-state index contributed by atoms with van der Waals surface area (Å²) in [5.74, 6) is 1.60. The molecule has 168 valence electrons. The Labute approximate surface area is 193 Å². The summed E-state index contributed by atoms with van der Waals surface area (Å²) >= 11 is 1.03. The van der Waals surface area contributed by atoms with E-state index in [1.807, 2.05) is 54.6 Å². The van der Waals surface area contributed by atoms with Gasteiger partial charge in [0.25, 0.3) is 0 Å². The molecular formula is C25H28N2O4S. The molecule has 0 saturated heterocycles. The monoisotopic (exact) mass is 452 g/mol. The maximum Gasteiger partial charge on any atom is 0.338 e. The Kier molecular flexibility index (Phi) is 8.83. The van der Waals surface area contributed by atoms with Crippen molar-refractivity contribution in [2.24, 2.45) is 5.14 Å². The fraction of sp³-hybridized carbons (Fsp3) is 0.240. The third kappa shape index (κ3) is 6.42. The van der Waals surface area contributed by atoms with E-state index >= 15 is 0 Å². The molecule has 0 unspecified atom stereocenters. The van der Waals surface area contributed by atoms with Crippen molar-refractivity contribution in [2.45, 2.75) is 31.3 Å². The van der Waals surface area contributed by atoms with Gasteiger partial charge in [-0.1, -0.05) is 43.7 Å². The molecule has 0 heterocycles. The molecule has 0 bridgehead atoms. The third-order valence-corrected chi connectivity index (χ3v) is 5.31. The number of esters is 1. The summed E-state index contributed by atoms with van der Waals surface area (Å²) in [5.41, 5.74) is 1.98. The number of carbonyl (C=O) groups is 1. The van der Waals surface area contributed by atoms with Gasteiger partial charge in [0.1, 0.15) is 18.1 Å². The minimum absolute atomic E-state index is 0.162. The lowest BCUT2D eigenvalue weighted by Crippen LogP contribution is -2.09. The first-order valence-corrected chi connectivity index (χ1v) is 11.3. The van der Waals surface area contributed by atoms with Crippen LogP contribution in [0.4, 0.5) is 5.69 Å². The van der Waals surface area contributed by atoms with Gasteiger partial charge in [-0.05, 0) is 60.3 Å². The number of nitrogens with two attached hydrogens (primary N) is 1. The van der Waals surface area contributed by atoms with Crippen LogP contribution in [0.15, 0.2) is 71.6 Å². The number of anilines is 1. The normalized spacial score (nSPS) is 10.5. The second-order valence-corrected chi connectivity index (χ2v) is 7.76. The zero-order valence-corrected chi connectivity index (χ0v) is 19.1. The molecule has 0 radical (unpaired) electrons. The Morgan fingerprint density at radius 2 is 1.78 bits per heavy atom. The molecule has 3 aromatic rings. The smallest absolute Gasteiger partial charge is 0.338 e. The van der Waals surface area contributed by atoms with Gasteiger partial charge in [0, 0.05) is 6.54 Å². The van der Waals surface area contributed by atoms with Gasteiger partial charge >= 0.3 is 5.97 Å². The Bertz CT molecular complexity index is 1010. The molecule has 0 aliphatic rings. The Balaban J connectivity index is 1.82. The maximum absolute atomic E-state index is 12.8. The maximum atomic E-state index is 12.8. The second kappa shape index (κ2) is 12.0. The zero-order chi connectivity index (χ0) is 22.8. The summed E-state index contributed by atoms with van der Waals surface area (Å²) in [4.78, 5) is 13.4. The largest absolute Gasteiger partial charge is 0.497 e. The van der Waals surface area contributed by atoms with Gasteiger partial charge in [-0.25, -0.2) is 4.79 Å². The van der Waals surface area contributed by atoms with E-state index in [-0.39, 0.29) is 6.61 Å². The fourth-order valence-corrected chi connectivity index (χ4v) is 3.46. The number of unbranched alkanes of at least 4 members (excludes halogenated alkanes) is 1. The van der Waals surface area contributed by atoms with Crippen LogP contribution in [0.25, 0.3) is 0 Å². The number of benzene rings is 3. The lowest BCUT2D eigenvalue weighted by Gasteiger charge is -2.17. The highest BCUT2D eigenvalue weighted by Crippen LogP contribution is 2.39. The number of hydrogen-bond acceptors (Lipinski definition) is 7. The lowest BCUT2D eigenvalue weighted by atomic mass is 10.1. The summed E-state index contributed by atoms with van der Waals surface area (Å²) in [5, 5.41) is 9.31. The number of methoxy groups -OCH3 is 1. The number of rotatable bonds is 11. The van der Waals surface area contributed by atoms with Crippen molar-refractivity contribution < 1.29 is 19.0 Å². The first-order chi connectivity index (χ1) is 15.6. The van der Waals surface area contributed by atoms with Gasteiger partial charge in [-0.3, -0.25) is 5.14 Å². The van der Waals surface area contributed by atoms with Gasteiger partial charge in [0.15, 0.2) is 5.75 Å². The molecule has 7 heteroatoms. The zero-order valence-electron chi connectivity index (χ0n) is 18.3. The van der Waals surface area contributed by atoms with Crippen LogP contribution < -0.4 is 19.9 Å². The predicted molar refractivity (Wildman–Crippen MR) is 129 cm³/mol. The number of carbonyl (C=O) groups excluding carboxylic acids is 1. The molecule has 0 aliphatic heterocycles. The van der Waals surface area contributed by atoms with Crippen molar-refractivity contribution in [3.8, 4) is 17.2 Å². The van der Waals surface area contributed by atoms with Gasteiger partial charge in [-0.2, -0.15) is 0 Å². The first kappa shape index (κ1) is 23.5. The minimum Gasteiger partial charge on any atom is -0.497 e. The van der Waals surface area contributed by atoms with Crippen LogP contribution in [-0.4, -0.2) is 19.6 Å². The topological polar surface area (TPSA) is 82.8 Å². The molecule has 6 nitrogen and oxygen atoms in total. The van der Waals surface area contributed by atoms with E-state index in [0.29, 0.717) is 27.6 Å². The average molecular weight is 453 g/mol. The number of nitrogens with one attached hydrogen (secondary N) is 1. The fourth-order valence-electron chi connectivity index (χ4n) is 3.00. The predicted octanol–water partition coefficient (Wildman–Crippen LogP) is 6.02. The van der Waals surface area contributed by atoms with E-state index in [1.54, 1.807) is 19.2 Å². The van der Waals surface area contributed by atoms with Crippen LogP contribution in [0.2, 0.25) is 0 Å². The quantitative estimate of drug-likeness (QED) is 0.209. The summed E-state index contributed by atoms with van der Waals surface area (Å²) in [6.07, 6.45) is 2.03. The van der Waals surface area contributed by atoms with Crippen LogP contribution in [0.5, 0.6) is 17.2 Å². The molecule has 3 N–H and O–H groups in total. The molecule has 0 spiro atoms. The van der Waals surface area contributed by atoms with Crippen LogP contribution in [0.1, 0.15) is 35.7 Å². The van der Waals surface area contributed by atoms with Gasteiger partial charge < -0.3 is 19.5 Å². The van der Waals surface area contributed by atoms with Gasteiger partial charge in [0.05, 0.1) is 23.3 Å². The molecule has 3 rings (SSSR count). The van der Waals surface area contributed by atoms with E-state index in [1.165, 1.54) is 0 Å². The third-order valence-electron chi connectivity index (χ3n) is 4.76. The average Bonchev–Trinajstić information content (AvgIpc) is 2.84. The number of para-hydroxylation sites is 1. The summed E-state index contributed by atoms with van der Waals surface area (Å²) in [7, 11) is 1.61. The molecule has 32 heavy (non-hydrogen) atoms. The van der Waals surface area contributed by atoms with E-state index in [0.717, 1.165) is 42.6 Å². The van der Waals surface area contributed by atoms with E-state index in [4.69, 9.17) is 19.3 Å². The van der Waals surface area contributed by atoms with Gasteiger partial charge in [-0.15, -0.1) is 0 Å². The van der Waals surface area contributed by atoms with Crippen molar-refractivity contribution >= 4 is 23.6 Å². The Hall–Kier alpha value is -3.16. The molecule has 0 aliphatic carbocycles. The highest BCUT2D eigenvalue weighted by atomic mass is 32.2. The van der Waals surface area contributed by atoms with Crippen molar-refractivity contribution in [3.63, 3.8) is 0 Å². The van der Waals surface area contributed by atoms with Crippen LogP contribution >= 0.6 is 11.9 Å². The highest BCUT2D eigenvalue weighted by Gasteiger charge is 2.18. The Morgan fingerprint density at radius 1 is 1.03 bits per heavy atom. The molecule has 0 aromatic heterocycles. The number of hydrogen-bond donors (Lipinski definition) is 2. The van der Waals surface area contributed by atoms with Gasteiger partial charge in [0.2, 0.25) is 0 Å². The summed E-state index contributed by atoms with van der Waals surface area (Å²) in [6.45, 7) is 3.03. The molecule has 0 saturated carbocycles. The Morgan fingerprint density at radius 3 is 2.44 bits per heavy atom. The SMILES string of the molecule is CCCCNc1cc(C(=O)OCc2ccc(OC)cc2)cc(SN)c1Oc1ccccc1. The van der Waals surface area contributed by atoms with Crippen molar-refractivity contribution in [1.29, 1.82) is 0 Å². The molecular weight excluding hydrogens is 424 g/mol. The van der Waals surface area contributed by atoms with Crippen molar-refractivity contribution in [2.75, 3.05) is 19.0 Å². The van der Waals surface area contributed by atoms with Crippen molar-refractivity contribution in [3.05, 3.63) is 77.9 Å². The number of ether oxygens (including phenoxy) is 3. The lowest BCUT2D eigenvalue weighted by molar-refractivity contribution is 0.0472. The van der Waals surface area contributed by atoms with Crippen molar-refractivity contribution in [1.82, 2.24) is 0 Å². The first-order valence-electron chi connectivity index (χ1n) is 10.5. The second-order valence-electron chi connectivity index (χ2n) is 7.09. The summed E-state index contributed by atoms with van der Waals surface area (Å²) < 4.78 is 16.8. The van der Waals surface area contributed by atoms with E-state index in [9.17, 15) is 4.79 Å². The van der Waals surface area contributed by atoms with Crippen LogP contribution in [-0.2, 0) is 11.3 Å².